The minimum Gasteiger partial charge on any atom is -0.380 e. The van der Waals surface area contributed by atoms with Crippen molar-refractivity contribution in [3.05, 3.63) is 21.6 Å². The first-order valence-electron chi connectivity index (χ1n) is 5.77. The number of anilines is 1. The fourth-order valence-corrected chi connectivity index (χ4v) is 2.27. The normalized spacial score (nSPS) is 18.1. The lowest BCUT2D eigenvalue weighted by Gasteiger charge is -2.17. The summed E-state index contributed by atoms with van der Waals surface area (Å²) in [6, 6.07) is 0.420. The number of halogens is 1. The molecule has 1 aliphatic carbocycles. The van der Waals surface area contributed by atoms with Gasteiger partial charge in [0.15, 0.2) is 0 Å². The molecule has 0 aliphatic heterocycles. The second-order valence-corrected chi connectivity index (χ2v) is 4.64. The highest BCUT2D eigenvalue weighted by Crippen LogP contribution is 2.23. The molecule has 1 aromatic heterocycles. The van der Waals surface area contributed by atoms with Crippen LogP contribution in [0.4, 0.5) is 5.69 Å². The van der Waals surface area contributed by atoms with Crippen molar-refractivity contribution in [2.24, 2.45) is 0 Å². The van der Waals surface area contributed by atoms with Crippen LogP contribution in [0.15, 0.2) is 11.0 Å². The summed E-state index contributed by atoms with van der Waals surface area (Å²) in [5.74, 6) is 0. The Labute approximate surface area is 99.4 Å². The molecule has 5 heteroatoms. The number of H-pyrrole nitrogens is 1. The van der Waals surface area contributed by atoms with Gasteiger partial charge in [0.25, 0.3) is 5.56 Å². The van der Waals surface area contributed by atoms with Gasteiger partial charge in [-0.05, 0) is 12.8 Å². The van der Waals surface area contributed by atoms with Crippen LogP contribution in [0.3, 0.4) is 0 Å². The van der Waals surface area contributed by atoms with Crippen LogP contribution in [0.5, 0.6) is 0 Å². The van der Waals surface area contributed by atoms with E-state index >= 15 is 0 Å². The van der Waals surface area contributed by atoms with Crippen molar-refractivity contribution >= 4 is 17.3 Å². The molecule has 0 bridgehead atoms. The standard InChI is InChI=1S/C11H16ClN3O/c12-10-9(7-13-15-11(10)16)14-8-5-3-1-2-4-6-8/h7-8H,1-6H2,(H2,14,15,16). The maximum absolute atomic E-state index is 11.3. The van der Waals surface area contributed by atoms with Crippen molar-refractivity contribution in [3.63, 3.8) is 0 Å². The molecule has 0 amide bonds. The Morgan fingerprint density at radius 1 is 1.31 bits per heavy atom. The van der Waals surface area contributed by atoms with E-state index in [2.05, 4.69) is 15.5 Å². The van der Waals surface area contributed by atoms with Crippen LogP contribution in [0.25, 0.3) is 0 Å². The zero-order valence-electron chi connectivity index (χ0n) is 9.13. The topological polar surface area (TPSA) is 57.8 Å². The summed E-state index contributed by atoms with van der Waals surface area (Å²) in [7, 11) is 0. The van der Waals surface area contributed by atoms with Gasteiger partial charge in [-0.3, -0.25) is 4.79 Å². The van der Waals surface area contributed by atoms with E-state index in [1.54, 1.807) is 6.20 Å². The number of nitrogens with zero attached hydrogens (tertiary/aromatic N) is 1. The second kappa shape index (κ2) is 5.34. The Kier molecular flexibility index (Phi) is 3.83. The van der Waals surface area contributed by atoms with Crippen molar-refractivity contribution in [1.82, 2.24) is 10.2 Å². The van der Waals surface area contributed by atoms with Gasteiger partial charge in [-0.25, -0.2) is 5.10 Å². The molecule has 88 valence electrons. The number of rotatable bonds is 2. The van der Waals surface area contributed by atoms with Crippen molar-refractivity contribution < 1.29 is 0 Å². The third-order valence-electron chi connectivity index (χ3n) is 3.01. The van der Waals surface area contributed by atoms with Crippen molar-refractivity contribution in [3.8, 4) is 0 Å². The van der Waals surface area contributed by atoms with Crippen LogP contribution in [-0.4, -0.2) is 16.2 Å². The molecule has 1 heterocycles. The molecular weight excluding hydrogens is 226 g/mol. The van der Waals surface area contributed by atoms with E-state index in [1.807, 2.05) is 0 Å². The number of hydrogen-bond donors (Lipinski definition) is 2. The van der Waals surface area contributed by atoms with E-state index in [0.29, 0.717) is 11.7 Å². The van der Waals surface area contributed by atoms with Crippen molar-refractivity contribution in [2.75, 3.05) is 5.32 Å². The molecule has 2 rings (SSSR count). The van der Waals surface area contributed by atoms with Crippen molar-refractivity contribution in [2.45, 2.75) is 44.6 Å². The molecule has 0 saturated heterocycles. The molecule has 1 aromatic rings. The van der Waals surface area contributed by atoms with Gasteiger partial charge in [-0.2, -0.15) is 5.10 Å². The van der Waals surface area contributed by atoms with E-state index in [9.17, 15) is 4.79 Å². The number of aromatic nitrogens is 2. The van der Waals surface area contributed by atoms with E-state index in [1.165, 1.54) is 25.7 Å². The van der Waals surface area contributed by atoms with Gasteiger partial charge in [0.05, 0.1) is 11.9 Å². The lowest BCUT2D eigenvalue weighted by atomic mass is 10.1. The number of hydrogen-bond acceptors (Lipinski definition) is 3. The molecule has 1 saturated carbocycles. The van der Waals surface area contributed by atoms with Crippen LogP contribution in [0.2, 0.25) is 5.02 Å². The second-order valence-electron chi connectivity index (χ2n) is 4.26. The molecule has 0 unspecified atom stereocenters. The predicted molar refractivity (Wildman–Crippen MR) is 65.0 cm³/mol. The van der Waals surface area contributed by atoms with Gasteiger partial charge in [0.2, 0.25) is 0 Å². The van der Waals surface area contributed by atoms with Gasteiger partial charge < -0.3 is 5.32 Å². The minimum absolute atomic E-state index is 0.208. The first-order valence-corrected chi connectivity index (χ1v) is 6.15. The fraction of sp³-hybridized carbons (Fsp3) is 0.636. The Morgan fingerprint density at radius 2 is 2.00 bits per heavy atom. The Bertz CT molecular complexity index is 396. The first kappa shape index (κ1) is 11.5. The number of aromatic amines is 1. The summed E-state index contributed by atoms with van der Waals surface area (Å²) >= 11 is 5.91. The molecule has 4 nitrogen and oxygen atoms in total. The summed E-state index contributed by atoms with van der Waals surface area (Å²) < 4.78 is 0. The molecule has 0 atom stereocenters. The molecular formula is C11H16ClN3O. The van der Waals surface area contributed by atoms with Gasteiger partial charge in [-0.1, -0.05) is 37.3 Å². The van der Waals surface area contributed by atoms with Crippen LogP contribution < -0.4 is 10.9 Å². The predicted octanol–water partition coefficient (Wildman–Crippen LogP) is 2.56. The van der Waals surface area contributed by atoms with E-state index in [-0.39, 0.29) is 10.6 Å². The average molecular weight is 242 g/mol. The maximum Gasteiger partial charge on any atom is 0.285 e. The summed E-state index contributed by atoms with van der Waals surface area (Å²) in [6.07, 6.45) is 8.96. The summed E-state index contributed by atoms with van der Waals surface area (Å²) in [6.45, 7) is 0. The van der Waals surface area contributed by atoms with Crippen LogP contribution in [-0.2, 0) is 0 Å². The monoisotopic (exact) mass is 241 g/mol. The average Bonchev–Trinajstić information content (AvgIpc) is 2.53. The van der Waals surface area contributed by atoms with Gasteiger partial charge in [0.1, 0.15) is 5.02 Å². The molecule has 0 aromatic carbocycles. The van der Waals surface area contributed by atoms with Crippen LogP contribution >= 0.6 is 11.6 Å². The van der Waals surface area contributed by atoms with E-state index in [4.69, 9.17) is 11.6 Å². The lowest BCUT2D eigenvalue weighted by Crippen LogP contribution is -2.21. The molecule has 1 aliphatic rings. The third-order valence-corrected chi connectivity index (χ3v) is 3.39. The SMILES string of the molecule is O=c1[nH]ncc(NC2CCCCCC2)c1Cl. The zero-order chi connectivity index (χ0) is 11.4. The summed E-state index contributed by atoms with van der Waals surface area (Å²) in [4.78, 5) is 11.3. The minimum atomic E-state index is -0.333. The van der Waals surface area contributed by atoms with Crippen molar-refractivity contribution in [1.29, 1.82) is 0 Å². The highest BCUT2D eigenvalue weighted by Gasteiger charge is 2.14. The molecule has 0 spiro atoms. The maximum atomic E-state index is 11.3. The smallest absolute Gasteiger partial charge is 0.285 e. The van der Waals surface area contributed by atoms with E-state index in [0.717, 1.165) is 12.8 Å². The molecule has 1 fully saturated rings. The van der Waals surface area contributed by atoms with E-state index < -0.39 is 0 Å². The summed E-state index contributed by atoms with van der Waals surface area (Å²) in [5.41, 5.74) is 0.317. The Morgan fingerprint density at radius 3 is 2.69 bits per heavy atom. The fourth-order valence-electron chi connectivity index (χ4n) is 2.13. The van der Waals surface area contributed by atoms with Gasteiger partial charge >= 0.3 is 0 Å². The Hall–Kier alpha value is -1.03. The van der Waals surface area contributed by atoms with Gasteiger partial charge in [0, 0.05) is 6.04 Å². The molecule has 0 radical (unpaired) electrons. The first-order chi connectivity index (χ1) is 7.77. The molecule has 2 N–H and O–H groups in total. The largest absolute Gasteiger partial charge is 0.380 e. The van der Waals surface area contributed by atoms with Gasteiger partial charge in [-0.15, -0.1) is 0 Å². The number of nitrogens with one attached hydrogen (secondary N) is 2. The zero-order valence-corrected chi connectivity index (χ0v) is 9.89. The van der Waals surface area contributed by atoms with Crippen LogP contribution in [0, 0.1) is 0 Å². The van der Waals surface area contributed by atoms with Crippen LogP contribution in [0.1, 0.15) is 38.5 Å². The lowest BCUT2D eigenvalue weighted by molar-refractivity contribution is 0.619. The summed E-state index contributed by atoms with van der Waals surface area (Å²) in [5, 5.41) is 9.58. The quantitative estimate of drug-likeness (QED) is 0.783. The Balaban J connectivity index is 2.07. The molecule has 16 heavy (non-hydrogen) atoms. The highest BCUT2D eigenvalue weighted by atomic mass is 35.5. The highest BCUT2D eigenvalue weighted by molar-refractivity contribution is 6.32. The third kappa shape index (κ3) is 2.76.